The molecule has 1 aromatic carbocycles. The first kappa shape index (κ1) is 13.2. The Balaban J connectivity index is 2.33. The molecule has 0 saturated heterocycles. The first-order valence-corrected chi connectivity index (χ1v) is 5.50. The summed E-state index contributed by atoms with van der Waals surface area (Å²) in [5, 5.41) is -1.61. The lowest BCUT2D eigenvalue weighted by Crippen LogP contribution is -2.36. The molecule has 0 spiro atoms. The summed E-state index contributed by atoms with van der Waals surface area (Å²) in [4.78, 5) is 3.91. The van der Waals surface area contributed by atoms with Crippen LogP contribution in [0.1, 0.15) is 5.69 Å². The average molecular weight is 253 g/mol. The molecule has 2 aromatic rings. The minimum atomic E-state index is -1.61. The predicted molar refractivity (Wildman–Crippen MR) is 76.7 cm³/mol. The van der Waals surface area contributed by atoms with E-state index in [-0.39, 0.29) is 5.95 Å². The van der Waals surface area contributed by atoms with Gasteiger partial charge in [-0.3, -0.25) is 0 Å². The number of ether oxygens (including phenoxy) is 1. The van der Waals surface area contributed by atoms with Crippen molar-refractivity contribution in [2.75, 3.05) is 17.2 Å². The Bertz CT molecular complexity index is 611. The van der Waals surface area contributed by atoms with E-state index in [1.807, 2.05) is 0 Å². The van der Waals surface area contributed by atoms with Crippen LogP contribution in [-0.4, -0.2) is 25.2 Å². The zero-order valence-electron chi connectivity index (χ0n) is 10.5. The molecule has 19 heavy (non-hydrogen) atoms. The molecule has 0 bridgehead atoms. The van der Waals surface area contributed by atoms with Crippen molar-refractivity contribution in [3.8, 4) is 5.75 Å². The number of aromatic nitrogens is 2. The van der Waals surface area contributed by atoms with Crippen molar-refractivity contribution in [1.82, 2.24) is 9.55 Å². The maximum Gasteiger partial charge on any atom is 0.200 e. The van der Waals surface area contributed by atoms with Crippen molar-refractivity contribution in [2.45, 2.75) is 5.40 Å². The van der Waals surface area contributed by atoms with E-state index in [0.29, 0.717) is 22.8 Å². The van der Waals surface area contributed by atoms with Gasteiger partial charge in [-0.25, -0.2) is 4.98 Å². The van der Waals surface area contributed by atoms with Crippen molar-refractivity contribution in [3.05, 3.63) is 30.1 Å². The van der Waals surface area contributed by atoms with E-state index in [9.17, 15) is 0 Å². The molecule has 0 unspecified atom stereocenters. The first-order valence-electron chi connectivity index (χ1n) is 5.50. The van der Waals surface area contributed by atoms with Gasteiger partial charge < -0.3 is 26.5 Å². The van der Waals surface area contributed by atoms with Crippen LogP contribution >= 0.6 is 0 Å². The SMILES string of the molecule is [B]C([B])(Oc1ccc(N)cc1N)c1cnc(N)n1C. The second-order valence-electron chi connectivity index (χ2n) is 4.25. The van der Waals surface area contributed by atoms with E-state index in [2.05, 4.69) is 4.98 Å². The molecular weight excluding hydrogens is 240 g/mol. The van der Waals surface area contributed by atoms with Gasteiger partial charge >= 0.3 is 0 Å². The quantitative estimate of drug-likeness (QED) is 0.514. The number of nitrogens with two attached hydrogens (primary N) is 3. The molecule has 8 heteroatoms. The van der Waals surface area contributed by atoms with Gasteiger partial charge in [0.15, 0.2) is 5.95 Å². The molecule has 0 saturated carbocycles. The van der Waals surface area contributed by atoms with Gasteiger partial charge in [-0.05, 0) is 18.2 Å². The fourth-order valence-electron chi connectivity index (χ4n) is 1.68. The molecule has 6 N–H and O–H groups in total. The lowest BCUT2D eigenvalue weighted by atomic mass is 9.63. The average Bonchev–Trinajstić information content (AvgIpc) is 2.64. The third-order valence-electron chi connectivity index (χ3n) is 2.74. The second-order valence-corrected chi connectivity index (χ2v) is 4.25. The minimum Gasteiger partial charge on any atom is -0.499 e. The van der Waals surface area contributed by atoms with E-state index in [1.54, 1.807) is 25.2 Å². The van der Waals surface area contributed by atoms with Crippen molar-refractivity contribution in [2.24, 2.45) is 7.05 Å². The number of hydrogen-bond acceptors (Lipinski definition) is 5. The fourth-order valence-corrected chi connectivity index (χ4v) is 1.68. The largest absolute Gasteiger partial charge is 0.499 e. The molecule has 1 heterocycles. The monoisotopic (exact) mass is 253 g/mol. The maximum atomic E-state index is 5.94. The van der Waals surface area contributed by atoms with Crippen LogP contribution in [0.2, 0.25) is 0 Å². The molecule has 2 rings (SSSR count). The van der Waals surface area contributed by atoms with Crippen molar-refractivity contribution >= 4 is 33.0 Å². The van der Waals surface area contributed by atoms with E-state index in [4.69, 9.17) is 37.6 Å². The van der Waals surface area contributed by atoms with E-state index >= 15 is 0 Å². The molecular formula is C11H13B2N5O. The van der Waals surface area contributed by atoms with Crippen molar-refractivity contribution in [1.29, 1.82) is 0 Å². The smallest absolute Gasteiger partial charge is 0.200 e. The van der Waals surface area contributed by atoms with Crippen LogP contribution in [0.15, 0.2) is 24.4 Å². The van der Waals surface area contributed by atoms with Crippen molar-refractivity contribution < 1.29 is 4.74 Å². The summed E-state index contributed by atoms with van der Waals surface area (Å²) in [5.74, 6) is 0.614. The molecule has 4 radical (unpaired) electrons. The number of nitrogen functional groups attached to an aromatic ring is 3. The number of nitrogens with zero attached hydrogens (tertiary/aromatic N) is 2. The Morgan fingerprint density at radius 2 is 1.95 bits per heavy atom. The molecule has 0 atom stereocenters. The predicted octanol–water partition coefficient (Wildman–Crippen LogP) is -0.307. The minimum absolute atomic E-state index is 0.282. The molecule has 0 amide bonds. The lowest BCUT2D eigenvalue weighted by molar-refractivity contribution is 0.237. The Labute approximate surface area is 113 Å². The molecule has 0 aliphatic rings. The van der Waals surface area contributed by atoms with Crippen LogP contribution in [-0.2, 0) is 12.4 Å². The summed E-state index contributed by atoms with van der Waals surface area (Å²) in [6.07, 6.45) is 1.45. The summed E-state index contributed by atoms with van der Waals surface area (Å²) in [5.41, 5.74) is 18.3. The highest BCUT2D eigenvalue weighted by Gasteiger charge is 2.26. The zero-order valence-corrected chi connectivity index (χ0v) is 10.5. The zero-order chi connectivity index (χ0) is 14.2. The molecule has 94 valence electrons. The normalized spacial score (nSPS) is 11.4. The summed E-state index contributed by atoms with van der Waals surface area (Å²) in [6, 6.07) is 4.79. The Morgan fingerprint density at radius 1 is 1.26 bits per heavy atom. The van der Waals surface area contributed by atoms with Gasteiger partial charge in [-0.1, -0.05) is 0 Å². The number of rotatable bonds is 3. The number of hydrogen-bond donors (Lipinski definition) is 3. The summed E-state index contributed by atoms with van der Waals surface area (Å²) in [7, 11) is 13.6. The van der Waals surface area contributed by atoms with E-state index < -0.39 is 5.40 Å². The number of benzene rings is 1. The van der Waals surface area contributed by atoms with Gasteiger partial charge in [-0.2, -0.15) is 0 Å². The highest BCUT2D eigenvalue weighted by Crippen LogP contribution is 2.29. The van der Waals surface area contributed by atoms with Crippen LogP contribution in [0.3, 0.4) is 0 Å². The van der Waals surface area contributed by atoms with Gasteiger partial charge in [0.1, 0.15) is 21.4 Å². The van der Waals surface area contributed by atoms with E-state index in [0.717, 1.165) is 0 Å². The van der Waals surface area contributed by atoms with Gasteiger partial charge in [0.05, 0.1) is 23.0 Å². The molecule has 0 aliphatic heterocycles. The Hall–Kier alpha value is -2.24. The maximum absolute atomic E-state index is 5.94. The van der Waals surface area contributed by atoms with Crippen LogP contribution in [0, 0.1) is 0 Å². The van der Waals surface area contributed by atoms with Crippen LogP contribution in [0.5, 0.6) is 5.75 Å². The van der Waals surface area contributed by atoms with Crippen LogP contribution < -0.4 is 21.9 Å². The summed E-state index contributed by atoms with van der Waals surface area (Å²) < 4.78 is 7.06. The molecule has 1 aromatic heterocycles. The molecule has 6 nitrogen and oxygen atoms in total. The Kier molecular flexibility index (Phi) is 3.09. The van der Waals surface area contributed by atoms with E-state index in [1.165, 1.54) is 10.8 Å². The lowest BCUT2D eigenvalue weighted by Gasteiger charge is -2.29. The summed E-state index contributed by atoms with van der Waals surface area (Å²) >= 11 is 0. The van der Waals surface area contributed by atoms with Gasteiger partial charge in [-0.15, -0.1) is 0 Å². The van der Waals surface area contributed by atoms with Gasteiger partial charge in [0, 0.05) is 12.7 Å². The highest BCUT2D eigenvalue weighted by molar-refractivity contribution is 6.38. The van der Waals surface area contributed by atoms with Crippen LogP contribution in [0.25, 0.3) is 0 Å². The fraction of sp³-hybridized carbons (Fsp3) is 0.182. The second kappa shape index (κ2) is 4.46. The number of imidazole rings is 1. The Morgan fingerprint density at radius 3 is 2.47 bits per heavy atom. The van der Waals surface area contributed by atoms with Crippen molar-refractivity contribution in [3.63, 3.8) is 0 Å². The molecule has 0 aliphatic carbocycles. The third-order valence-corrected chi connectivity index (χ3v) is 2.74. The molecule has 0 fully saturated rings. The highest BCUT2D eigenvalue weighted by atomic mass is 16.5. The first-order chi connectivity index (χ1) is 8.81. The standard InChI is InChI=1S/C11H13B2N5O/c1-18-9(5-17-10(18)16)11(12,13)19-8-3-2-6(14)4-7(8)15/h2-5H,14-15H2,1H3,(H2,16,17). The number of anilines is 3. The summed E-state index contributed by atoms with van der Waals surface area (Å²) in [6.45, 7) is 0. The van der Waals surface area contributed by atoms with Gasteiger partial charge in [0.25, 0.3) is 0 Å². The van der Waals surface area contributed by atoms with Crippen LogP contribution in [0.4, 0.5) is 17.3 Å². The third kappa shape index (κ3) is 2.47. The van der Waals surface area contributed by atoms with Gasteiger partial charge in [0.2, 0.25) is 0 Å². The topological polar surface area (TPSA) is 105 Å².